The number of benzene rings is 3. The van der Waals surface area contributed by atoms with Gasteiger partial charge in [0.05, 0.1) is 34.0 Å². The average molecular weight is 611 g/mol. The van der Waals surface area contributed by atoms with Crippen molar-refractivity contribution in [2.45, 2.75) is 38.2 Å². The summed E-state index contributed by atoms with van der Waals surface area (Å²) >= 11 is 13.7. The van der Waals surface area contributed by atoms with E-state index < -0.39 is 17.6 Å². The van der Waals surface area contributed by atoms with Gasteiger partial charge in [-0.25, -0.2) is 4.79 Å². The van der Waals surface area contributed by atoms with Crippen LogP contribution in [0.15, 0.2) is 72.8 Å². The van der Waals surface area contributed by atoms with Gasteiger partial charge < -0.3 is 14.2 Å². The van der Waals surface area contributed by atoms with E-state index in [1.807, 2.05) is 61.5 Å². The van der Waals surface area contributed by atoms with Crippen LogP contribution in [0.4, 0.5) is 10.5 Å². The summed E-state index contributed by atoms with van der Waals surface area (Å²) in [6, 6.07) is 22.7. The van der Waals surface area contributed by atoms with Gasteiger partial charge in [0.25, 0.3) is 0 Å². The molecule has 1 amide bonds. The molecule has 0 bridgehead atoms. The predicted octanol–water partition coefficient (Wildman–Crippen LogP) is 9.30. The van der Waals surface area contributed by atoms with Crippen LogP contribution in [0.2, 0.25) is 9.36 Å². The lowest BCUT2D eigenvalue weighted by Crippen LogP contribution is -2.23. The SMILES string of the molecule is CCOC(=O)C1(c2ccc(-c3ccc(-c4sc(Cl)cc4NC(=O)OC(C)c4ccc(Cl)cc4)cc3OC)cc2)CC1. The van der Waals surface area contributed by atoms with Gasteiger partial charge in [-0.15, -0.1) is 11.3 Å². The molecule has 1 heterocycles. The molecule has 9 heteroatoms. The van der Waals surface area contributed by atoms with Crippen LogP contribution in [0.1, 0.15) is 43.9 Å². The van der Waals surface area contributed by atoms with E-state index >= 15 is 0 Å². The van der Waals surface area contributed by atoms with Gasteiger partial charge in [-0.2, -0.15) is 0 Å². The highest BCUT2D eigenvalue weighted by atomic mass is 35.5. The largest absolute Gasteiger partial charge is 0.496 e. The fraction of sp³-hybridized carbons (Fsp3) is 0.250. The number of esters is 1. The zero-order valence-corrected chi connectivity index (χ0v) is 25.2. The van der Waals surface area contributed by atoms with Crippen LogP contribution in [0, 0.1) is 0 Å². The minimum absolute atomic E-state index is 0.156. The molecule has 1 unspecified atom stereocenters. The minimum atomic E-state index is -0.594. The molecule has 1 atom stereocenters. The Balaban J connectivity index is 1.34. The van der Waals surface area contributed by atoms with E-state index in [0.717, 1.165) is 45.5 Å². The number of nitrogens with one attached hydrogen (secondary N) is 1. The topological polar surface area (TPSA) is 73.9 Å². The maximum absolute atomic E-state index is 12.7. The first-order valence-corrected chi connectivity index (χ1v) is 14.8. The highest BCUT2D eigenvalue weighted by molar-refractivity contribution is 7.20. The van der Waals surface area contributed by atoms with Crippen LogP contribution >= 0.6 is 34.5 Å². The van der Waals surface area contributed by atoms with Crippen molar-refractivity contribution in [2.75, 3.05) is 19.0 Å². The van der Waals surface area contributed by atoms with Gasteiger partial charge in [0.2, 0.25) is 0 Å². The number of hydrogen-bond donors (Lipinski definition) is 1. The lowest BCUT2D eigenvalue weighted by molar-refractivity contribution is -0.146. The van der Waals surface area contributed by atoms with Gasteiger partial charge >= 0.3 is 12.1 Å². The minimum Gasteiger partial charge on any atom is -0.496 e. The summed E-state index contributed by atoms with van der Waals surface area (Å²) in [5, 5.41) is 3.44. The van der Waals surface area contributed by atoms with E-state index in [2.05, 4.69) is 5.32 Å². The number of thiophene rings is 1. The molecule has 3 aromatic carbocycles. The van der Waals surface area contributed by atoms with E-state index in [4.69, 9.17) is 37.4 Å². The van der Waals surface area contributed by atoms with Gasteiger partial charge in [-0.05, 0) is 73.2 Å². The van der Waals surface area contributed by atoms with Crippen LogP contribution in [-0.4, -0.2) is 25.8 Å². The van der Waals surface area contributed by atoms with Crippen molar-refractivity contribution in [1.29, 1.82) is 0 Å². The molecule has 4 aromatic rings. The third-order valence-electron chi connectivity index (χ3n) is 7.19. The molecule has 1 aliphatic carbocycles. The first-order chi connectivity index (χ1) is 19.7. The Morgan fingerprint density at radius 2 is 1.66 bits per heavy atom. The number of ether oxygens (including phenoxy) is 3. The predicted molar refractivity (Wildman–Crippen MR) is 164 cm³/mol. The van der Waals surface area contributed by atoms with Gasteiger partial charge in [-0.3, -0.25) is 10.1 Å². The van der Waals surface area contributed by atoms with Crippen molar-refractivity contribution in [3.63, 3.8) is 0 Å². The quantitative estimate of drug-likeness (QED) is 0.191. The average Bonchev–Trinajstić information content (AvgIpc) is 3.70. The van der Waals surface area contributed by atoms with Gasteiger partial charge in [0, 0.05) is 10.6 Å². The van der Waals surface area contributed by atoms with Crippen LogP contribution < -0.4 is 10.1 Å². The second-order valence-corrected chi connectivity index (χ2v) is 11.9. The van der Waals surface area contributed by atoms with Gasteiger partial charge in [0.1, 0.15) is 11.9 Å². The lowest BCUT2D eigenvalue weighted by Gasteiger charge is -2.16. The molecule has 0 aliphatic heterocycles. The van der Waals surface area contributed by atoms with Crippen molar-refractivity contribution < 1.29 is 23.8 Å². The Labute approximate surface area is 253 Å². The first kappa shape index (κ1) is 29.0. The molecule has 5 rings (SSSR count). The van der Waals surface area contributed by atoms with Gasteiger partial charge in [-0.1, -0.05) is 71.7 Å². The molecule has 0 spiro atoms. The van der Waals surface area contributed by atoms with Crippen molar-refractivity contribution in [3.8, 4) is 27.3 Å². The summed E-state index contributed by atoms with van der Waals surface area (Å²) in [7, 11) is 1.62. The zero-order chi connectivity index (χ0) is 29.1. The maximum atomic E-state index is 12.7. The number of anilines is 1. The first-order valence-electron chi connectivity index (χ1n) is 13.2. The summed E-state index contributed by atoms with van der Waals surface area (Å²) < 4.78 is 17.2. The van der Waals surface area contributed by atoms with Crippen LogP contribution in [0.25, 0.3) is 21.6 Å². The Morgan fingerprint density at radius 3 is 2.29 bits per heavy atom. The molecule has 1 fully saturated rings. The van der Waals surface area contributed by atoms with E-state index in [0.29, 0.717) is 27.4 Å². The molecule has 1 aromatic heterocycles. The normalized spacial score (nSPS) is 14.2. The smallest absolute Gasteiger partial charge is 0.412 e. The van der Waals surface area contributed by atoms with Crippen LogP contribution in [-0.2, 0) is 19.7 Å². The van der Waals surface area contributed by atoms with Crippen molar-refractivity contribution in [1.82, 2.24) is 0 Å². The lowest BCUT2D eigenvalue weighted by atomic mass is 9.93. The Kier molecular flexibility index (Phi) is 8.59. The summed E-state index contributed by atoms with van der Waals surface area (Å²) in [6.45, 7) is 3.99. The molecular formula is C32H29Cl2NO5S. The number of halogens is 2. The van der Waals surface area contributed by atoms with E-state index in [1.165, 1.54) is 11.3 Å². The zero-order valence-electron chi connectivity index (χ0n) is 22.8. The second kappa shape index (κ2) is 12.1. The summed E-state index contributed by atoms with van der Waals surface area (Å²) in [4.78, 5) is 26.0. The molecule has 212 valence electrons. The highest BCUT2D eigenvalue weighted by Crippen LogP contribution is 2.50. The number of carbonyl (C=O) groups excluding carboxylic acids is 2. The van der Waals surface area contributed by atoms with Crippen molar-refractivity contribution in [3.05, 3.63) is 93.3 Å². The third-order valence-corrected chi connectivity index (χ3v) is 8.76. The summed E-state index contributed by atoms with van der Waals surface area (Å²) in [5.74, 6) is 0.508. The molecule has 0 radical (unpaired) electrons. The molecule has 41 heavy (non-hydrogen) atoms. The Morgan fingerprint density at radius 1 is 0.976 bits per heavy atom. The fourth-order valence-electron chi connectivity index (χ4n) is 4.81. The number of carbonyl (C=O) groups is 2. The van der Waals surface area contributed by atoms with Crippen LogP contribution in [0.3, 0.4) is 0 Å². The summed E-state index contributed by atoms with van der Waals surface area (Å²) in [5.41, 5.74) is 4.51. The van der Waals surface area contributed by atoms with E-state index in [9.17, 15) is 9.59 Å². The number of methoxy groups -OCH3 is 1. The number of hydrogen-bond acceptors (Lipinski definition) is 6. The fourth-order valence-corrected chi connectivity index (χ4v) is 6.12. The highest BCUT2D eigenvalue weighted by Gasteiger charge is 2.52. The standard InChI is InChI=1S/C32H29Cl2NO5S/c1-4-39-30(36)32(15-16-32)23-10-5-21(6-11-23)25-14-9-22(17-27(25)38-3)29-26(18-28(34)41-29)35-31(37)40-19(2)20-7-12-24(33)13-8-20/h5-14,17-19H,4,15-16H2,1-3H3,(H,35,37). The molecule has 1 aliphatic rings. The monoisotopic (exact) mass is 609 g/mol. The molecule has 6 nitrogen and oxygen atoms in total. The molecule has 0 saturated heterocycles. The number of rotatable bonds is 9. The second-order valence-electron chi connectivity index (χ2n) is 9.81. The molecular weight excluding hydrogens is 581 g/mol. The van der Waals surface area contributed by atoms with E-state index in [-0.39, 0.29) is 5.97 Å². The van der Waals surface area contributed by atoms with Crippen LogP contribution in [0.5, 0.6) is 5.75 Å². The Bertz CT molecular complexity index is 1560. The van der Waals surface area contributed by atoms with Crippen molar-refractivity contribution in [2.24, 2.45) is 0 Å². The summed E-state index contributed by atoms with van der Waals surface area (Å²) in [6.07, 6.45) is 0.540. The third kappa shape index (κ3) is 6.22. The number of amides is 1. The maximum Gasteiger partial charge on any atom is 0.412 e. The molecule has 1 N–H and O–H groups in total. The van der Waals surface area contributed by atoms with Gasteiger partial charge in [0.15, 0.2) is 0 Å². The van der Waals surface area contributed by atoms with E-state index in [1.54, 1.807) is 32.2 Å². The van der Waals surface area contributed by atoms with Crippen molar-refractivity contribution >= 4 is 52.3 Å². The Hall–Kier alpha value is -3.52. The molecule has 1 saturated carbocycles.